The van der Waals surface area contributed by atoms with Gasteiger partial charge in [-0.3, -0.25) is 9.59 Å². The number of nitrogens with one attached hydrogen (secondary N) is 1. The van der Waals surface area contributed by atoms with E-state index in [0.717, 1.165) is 22.9 Å². The summed E-state index contributed by atoms with van der Waals surface area (Å²) < 4.78 is 0. The number of benzene rings is 2. The summed E-state index contributed by atoms with van der Waals surface area (Å²) in [5.41, 5.74) is 5.62. The van der Waals surface area contributed by atoms with Crippen LogP contribution in [0.15, 0.2) is 54.6 Å². The lowest BCUT2D eigenvalue weighted by Crippen LogP contribution is -2.11. The average molecular weight is 240 g/mol. The second-order valence-corrected chi connectivity index (χ2v) is 3.75. The predicted octanol–water partition coefficient (Wildman–Crippen LogP) is 1.82. The van der Waals surface area contributed by atoms with Crippen LogP contribution in [0.1, 0.15) is 0 Å². The van der Waals surface area contributed by atoms with Gasteiger partial charge >= 0.3 is 0 Å². The van der Waals surface area contributed by atoms with Crippen LogP contribution in [0.3, 0.4) is 0 Å². The lowest BCUT2D eigenvalue weighted by molar-refractivity contribution is -0.115. The Balaban J connectivity index is 2.27. The molecule has 0 spiro atoms. The third-order valence-electron chi connectivity index (χ3n) is 2.45. The van der Waals surface area contributed by atoms with Gasteiger partial charge in [-0.05, 0) is 11.5 Å². The van der Waals surface area contributed by atoms with Crippen molar-refractivity contribution in [3.8, 4) is 0 Å². The number of carbonyl (C=O) groups excluding carboxylic acids is 2. The van der Waals surface area contributed by atoms with Crippen LogP contribution in [0.25, 0.3) is 10.8 Å². The van der Waals surface area contributed by atoms with Gasteiger partial charge in [0, 0.05) is 23.2 Å². The molecule has 0 bridgehead atoms. The first-order chi connectivity index (χ1) is 8.66. The van der Waals surface area contributed by atoms with E-state index in [1.165, 1.54) is 0 Å². The fourth-order valence-corrected chi connectivity index (χ4v) is 1.67. The van der Waals surface area contributed by atoms with Crippen LogP contribution in [-0.4, -0.2) is 11.8 Å². The Morgan fingerprint density at radius 1 is 1.00 bits per heavy atom. The van der Waals surface area contributed by atoms with Crippen molar-refractivity contribution < 1.29 is 9.59 Å². The van der Waals surface area contributed by atoms with Crippen molar-refractivity contribution in [3.63, 3.8) is 0 Å². The normalized spacial score (nSPS) is 10.7. The summed E-state index contributed by atoms with van der Waals surface area (Å²) in [7, 11) is 0. The van der Waals surface area contributed by atoms with Crippen molar-refractivity contribution in [2.45, 2.75) is 0 Å². The number of anilines is 1. The van der Waals surface area contributed by atoms with Gasteiger partial charge in [0.1, 0.15) is 0 Å². The molecule has 0 aromatic heterocycles. The Labute approximate surface area is 104 Å². The van der Waals surface area contributed by atoms with Crippen LogP contribution in [-0.2, 0) is 9.59 Å². The zero-order valence-corrected chi connectivity index (χ0v) is 9.59. The predicted molar refractivity (Wildman–Crippen MR) is 70.9 cm³/mol. The lowest BCUT2D eigenvalue weighted by atomic mass is 10.1. The minimum Gasteiger partial charge on any atom is -0.366 e. The summed E-state index contributed by atoms with van der Waals surface area (Å²) in [6.07, 6.45) is 2.14. The first-order valence-electron chi connectivity index (χ1n) is 5.43. The molecule has 0 saturated heterocycles. The van der Waals surface area contributed by atoms with Gasteiger partial charge in [-0.25, -0.2) is 0 Å². The topological polar surface area (TPSA) is 72.2 Å². The Kier molecular flexibility index (Phi) is 3.38. The number of hydrogen-bond acceptors (Lipinski definition) is 2. The van der Waals surface area contributed by atoms with E-state index in [-0.39, 0.29) is 5.91 Å². The molecule has 0 aliphatic rings. The van der Waals surface area contributed by atoms with Gasteiger partial charge in [0.2, 0.25) is 11.8 Å². The van der Waals surface area contributed by atoms with E-state index < -0.39 is 5.91 Å². The molecule has 2 amide bonds. The van der Waals surface area contributed by atoms with Gasteiger partial charge in [0.05, 0.1) is 0 Å². The van der Waals surface area contributed by atoms with Gasteiger partial charge in [-0.1, -0.05) is 36.4 Å². The summed E-state index contributed by atoms with van der Waals surface area (Å²) in [6, 6.07) is 13.3. The van der Waals surface area contributed by atoms with Gasteiger partial charge in [-0.15, -0.1) is 0 Å². The van der Waals surface area contributed by atoms with Crippen molar-refractivity contribution in [1.82, 2.24) is 0 Å². The molecule has 0 fully saturated rings. The zero-order chi connectivity index (χ0) is 13.0. The van der Waals surface area contributed by atoms with Crippen molar-refractivity contribution in [2.24, 2.45) is 5.73 Å². The molecule has 0 atom stereocenters. The maximum Gasteiger partial charge on any atom is 0.248 e. The van der Waals surface area contributed by atoms with Gasteiger partial charge in [0.15, 0.2) is 0 Å². The quantitative estimate of drug-likeness (QED) is 0.803. The molecule has 0 heterocycles. The molecule has 0 aliphatic carbocycles. The van der Waals surface area contributed by atoms with E-state index >= 15 is 0 Å². The van der Waals surface area contributed by atoms with Gasteiger partial charge in [-0.2, -0.15) is 0 Å². The summed E-state index contributed by atoms with van der Waals surface area (Å²) in [5, 5.41) is 4.69. The molecule has 3 N–H and O–H groups in total. The number of amides is 2. The first kappa shape index (κ1) is 11.9. The van der Waals surface area contributed by atoms with E-state index in [9.17, 15) is 9.59 Å². The minimum absolute atomic E-state index is 0.384. The van der Waals surface area contributed by atoms with Crippen LogP contribution in [0, 0.1) is 0 Å². The Bertz CT molecular complexity index is 627. The number of nitrogens with two attached hydrogens (primary N) is 1. The zero-order valence-electron chi connectivity index (χ0n) is 9.59. The highest BCUT2D eigenvalue weighted by atomic mass is 16.2. The molecular weight excluding hydrogens is 228 g/mol. The average Bonchev–Trinajstić information content (AvgIpc) is 2.37. The molecular formula is C14H12N2O2. The van der Waals surface area contributed by atoms with Crippen LogP contribution < -0.4 is 11.1 Å². The second kappa shape index (κ2) is 5.14. The van der Waals surface area contributed by atoms with E-state index in [2.05, 4.69) is 5.32 Å². The highest BCUT2D eigenvalue weighted by Crippen LogP contribution is 2.22. The molecule has 0 radical (unpaired) electrons. The maximum atomic E-state index is 11.6. The first-order valence-corrected chi connectivity index (χ1v) is 5.43. The third-order valence-corrected chi connectivity index (χ3v) is 2.45. The molecule has 18 heavy (non-hydrogen) atoms. The number of fused-ring (bicyclic) bond motifs is 1. The molecule has 0 unspecified atom stereocenters. The summed E-state index contributed by atoms with van der Waals surface area (Å²) >= 11 is 0. The molecule has 4 heteroatoms. The molecule has 2 rings (SSSR count). The van der Waals surface area contributed by atoms with Crippen molar-refractivity contribution >= 4 is 28.3 Å². The monoisotopic (exact) mass is 240 g/mol. The number of carbonyl (C=O) groups is 2. The van der Waals surface area contributed by atoms with Crippen LogP contribution in [0.5, 0.6) is 0 Å². The largest absolute Gasteiger partial charge is 0.366 e. The molecule has 2 aromatic carbocycles. The number of hydrogen-bond donors (Lipinski definition) is 2. The lowest BCUT2D eigenvalue weighted by Gasteiger charge is -2.06. The van der Waals surface area contributed by atoms with Gasteiger partial charge < -0.3 is 11.1 Å². The Hall–Kier alpha value is -2.62. The summed E-state index contributed by atoms with van der Waals surface area (Å²) in [5.74, 6) is -1.03. The highest BCUT2D eigenvalue weighted by molar-refractivity contribution is 6.07. The second-order valence-electron chi connectivity index (χ2n) is 3.75. The van der Waals surface area contributed by atoms with E-state index in [0.29, 0.717) is 5.69 Å². The van der Waals surface area contributed by atoms with E-state index in [1.54, 1.807) is 6.07 Å². The fraction of sp³-hybridized carbons (Fsp3) is 0. The maximum absolute atomic E-state index is 11.6. The number of primary amides is 1. The molecule has 0 aliphatic heterocycles. The summed E-state index contributed by atoms with van der Waals surface area (Å²) in [4.78, 5) is 22.1. The summed E-state index contributed by atoms with van der Waals surface area (Å²) in [6.45, 7) is 0. The standard InChI is InChI=1S/C14H12N2O2/c15-13(17)8-9-14(18)16-12-7-3-5-10-4-1-2-6-11(10)12/h1-9H,(H2,15,17)(H,16,18)/b9-8-. The SMILES string of the molecule is NC(=O)/C=C\C(=O)Nc1cccc2ccccc12. The fourth-order valence-electron chi connectivity index (χ4n) is 1.67. The van der Waals surface area contributed by atoms with Crippen molar-refractivity contribution in [2.75, 3.05) is 5.32 Å². The Morgan fingerprint density at radius 2 is 1.72 bits per heavy atom. The van der Waals surface area contributed by atoms with Gasteiger partial charge in [0.25, 0.3) is 0 Å². The van der Waals surface area contributed by atoms with Crippen LogP contribution >= 0.6 is 0 Å². The Morgan fingerprint density at radius 3 is 2.50 bits per heavy atom. The van der Waals surface area contributed by atoms with Crippen LogP contribution in [0.2, 0.25) is 0 Å². The van der Waals surface area contributed by atoms with E-state index in [4.69, 9.17) is 5.73 Å². The van der Waals surface area contributed by atoms with Crippen LogP contribution in [0.4, 0.5) is 5.69 Å². The van der Waals surface area contributed by atoms with E-state index in [1.807, 2.05) is 36.4 Å². The smallest absolute Gasteiger partial charge is 0.248 e. The minimum atomic E-state index is -0.650. The highest BCUT2D eigenvalue weighted by Gasteiger charge is 2.02. The molecule has 4 nitrogen and oxygen atoms in total. The van der Waals surface area contributed by atoms with Crippen molar-refractivity contribution in [1.29, 1.82) is 0 Å². The molecule has 90 valence electrons. The van der Waals surface area contributed by atoms with Crippen molar-refractivity contribution in [3.05, 3.63) is 54.6 Å². The third kappa shape index (κ3) is 2.74. The molecule has 0 saturated carbocycles. The number of rotatable bonds is 3. The molecule has 2 aromatic rings.